The maximum atomic E-state index is 16.8. The fourth-order valence-corrected chi connectivity index (χ4v) is 8.64. The Bertz CT molecular complexity index is 1750. The van der Waals surface area contributed by atoms with Gasteiger partial charge in [-0.3, -0.25) is 4.90 Å². The van der Waals surface area contributed by atoms with Crippen molar-refractivity contribution < 1.29 is 26.7 Å². The molecule has 2 aromatic heterocycles. The number of nitrogen functional groups attached to an aromatic ring is 1. The van der Waals surface area contributed by atoms with E-state index in [1.165, 1.54) is 13.0 Å². The number of rotatable bonds is 5. The average Bonchev–Trinajstić information content (AvgIpc) is 3.62. The summed E-state index contributed by atoms with van der Waals surface area (Å²) in [5.74, 6) is -2.04. The first-order chi connectivity index (χ1) is 21.5. The van der Waals surface area contributed by atoms with Crippen LogP contribution in [0.3, 0.4) is 0 Å². The third kappa shape index (κ3) is 4.33. The number of aryl methyl sites for hydroxylation is 1. The molecule has 45 heavy (non-hydrogen) atoms. The van der Waals surface area contributed by atoms with Crippen molar-refractivity contribution in [3.8, 4) is 17.3 Å². The van der Waals surface area contributed by atoms with Crippen LogP contribution >= 0.6 is 0 Å². The molecule has 0 spiro atoms. The highest BCUT2D eigenvalue weighted by molar-refractivity contribution is 6.03. The molecule has 0 saturated carbocycles. The topological polar surface area (TPSA) is 92.4 Å². The van der Waals surface area contributed by atoms with E-state index < -0.39 is 46.6 Å². The van der Waals surface area contributed by atoms with Gasteiger partial charge in [0, 0.05) is 48.8 Å². The highest BCUT2D eigenvalue weighted by atomic mass is 19.3. The molecule has 0 radical (unpaired) electrons. The molecule has 5 aliphatic heterocycles. The number of benzene rings is 1. The molecule has 7 heterocycles. The molecule has 2 bridgehead atoms. The van der Waals surface area contributed by atoms with Crippen LogP contribution in [-0.4, -0.2) is 75.9 Å². The molecular weight excluding hydrogens is 593 g/mol. The summed E-state index contributed by atoms with van der Waals surface area (Å²) in [5, 5.41) is 3.75. The minimum atomic E-state index is -3.07. The molecular formula is C32H34F5N7O. The van der Waals surface area contributed by atoms with Gasteiger partial charge in [0.1, 0.15) is 35.7 Å². The molecule has 238 valence electrons. The van der Waals surface area contributed by atoms with Gasteiger partial charge in [-0.1, -0.05) is 6.58 Å². The molecule has 5 aliphatic rings. The quantitative estimate of drug-likeness (QED) is 0.360. The van der Waals surface area contributed by atoms with E-state index in [1.54, 1.807) is 0 Å². The Hall–Kier alpha value is -3.58. The third-order valence-electron chi connectivity index (χ3n) is 10.6. The van der Waals surface area contributed by atoms with Crippen LogP contribution < -0.4 is 20.7 Å². The maximum Gasteiger partial charge on any atom is 0.319 e. The number of nitrogens with two attached hydrogens (primary N) is 1. The average molecular weight is 628 g/mol. The molecule has 4 fully saturated rings. The number of nitrogens with one attached hydrogen (secondary N) is 1. The van der Waals surface area contributed by atoms with E-state index >= 15 is 8.78 Å². The number of hydrogen-bond donors (Lipinski definition) is 2. The predicted octanol–water partition coefficient (Wildman–Crippen LogP) is 5.48. The van der Waals surface area contributed by atoms with E-state index in [4.69, 9.17) is 15.5 Å². The van der Waals surface area contributed by atoms with Crippen molar-refractivity contribution in [2.24, 2.45) is 0 Å². The van der Waals surface area contributed by atoms with E-state index in [1.807, 2.05) is 0 Å². The van der Waals surface area contributed by atoms with Gasteiger partial charge in [-0.25, -0.2) is 26.9 Å². The van der Waals surface area contributed by atoms with Gasteiger partial charge in [0.2, 0.25) is 0 Å². The van der Waals surface area contributed by atoms with Crippen molar-refractivity contribution in [3.05, 3.63) is 41.0 Å². The van der Waals surface area contributed by atoms with E-state index in [9.17, 15) is 13.2 Å². The van der Waals surface area contributed by atoms with Gasteiger partial charge in [-0.15, -0.1) is 0 Å². The van der Waals surface area contributed by atoms with Crippen LogP contribution in [0.15, 0.2) is 12.6 Å². The van der Waals surface area contributed by atoms with E-state index in [0.29, 0.717) is 37.3 Å². The molecule has 8 rings (SSSR count). The summed E-state index contributed by atoms with van der Waals surface area (Å²) in [6.45, 7) is 7.36. The minimum Gasteiger partial charge on any atom is -0.461 e. The lowest BCUT2D eigenvalue weighted by Crippen LogP contribution is -2.58. The van der Waals surface area contributed by atoms with Gasteiger partial charge < -0.3 is 20.7 Å². The second-order valence-corrected chi connectivity index (χ2v) is 13.3. The molecule has 13 heteroatoms. The number of hydrogen-bond acceptors (Lipinski definition) is 8. The number of aromatic nitrogens is 3. The Morgan fingerprint density at radius 3 is 2.78 bits per heavy atom. The van der Waals surface area contributed by atoms with Crippen molar-refractivity contribution in [2.45, 2.75) is 81.7 Å². The Morgan fingerprint density at radius 1 is 1.16 bits per heavy atom. The Balaban J connectivity index is 1.35. The monoisotopic (exact) mass is 627 g/mol. The molecule has 0 unspecified atom stereocenters. The molecule has 3 aromatic rings. The molecule has 3 N–H and O–H groups in total. The standard InChI is InChI=1S/C32H34F5N7O/c1-14-8-19-18-5-4-17(39-18)12-44(19)30-23-21(14)25(34)24(27-22(29(36)37)15(2)9-20(38)40-27)26(35)28(23)41-31(42-30)45-13-32-6-3-7-43(32)11-16(33)10-32/h9,16-19,29,39H,1,3-8,10-13H2,2H3,(H2,38,40)/t16-,17-,18+,19-,32+/m1/s1. The zero-order chi connectivity index (χ0) is 31.4. The lowest BCUT2D eigenvalue weighted by molar-refractivity contribution is 0.107. The van der Waals surface area contributed by atoms with Gasteiger partial charge in [0.15, 0.2) is 5.82 Å². The number of anilines is 2. The number of halogens is 5. The molecule has 0 amide bonds. The Kier molecular flexibility index (Phi) is 6.55. The van der Waals surface area contributed by atoms with Gasteiger partial charge in [-0.05, 0) is 62.8 Å². The Labute approximate surface area is 256 Å². The van der Waals surface area contributed by atoms with Crippen molar-refractivity contribution in [3.63, 3.8) is 0 Å². The second-order valence-electron chi connectivity index (χ2n) is 13.3. The third-order valence-corrected chi connectivity index (χ3v) is 10.6. The normalized spacial score (nSPS) is 29.0. The van der Waals surface area contributed by atoms with Crippen LogP contribution in [0.2, 0.25) is 0 Å². The van der Waals surface area contributed by atoms with Crippen LogP contribution in [0.5, 0.6) is 6.01 Å². The number of nitrogens with zero attached hydrogens (tertiary/aromatic N) is 5. The lowest BCUT2D eigenvalue weighted by Gasteiger charge is -2.41. The van der Waals surface area contributed by atoms with Crippen LogP contribution in [0.25, 0.3) is 27.7 Å². The molecule has 1 aromatic carbocycles. The fraction of sp³-hybridized carbons (Fsp3) is 0.531. The van der Waals surface area contributed by atoms with Crippen LogP contribution in [-0.2, 0) is 0 Å². The van der Waals surface area contributed by atoms with Crippen molar-refractivity contribution in [1.29, 1.82) is 0 Å². The zero-order valence-corrected chi connectivity index (χ0v) is 24.9. The fourth-order valence-electron chi connectivity index (χ4n) is 8.64. The second kappa shape index (κ2) is 10.2. The Morgan fingerprint density at radius 2 is 1.98 bits per heavy atom. The lowest BCUT2D eigenvalue weighted by atomic mass is 9.91. The number of alkyl halides is 3. The van der Waals surface area contributed by atoms with Gasteiger partial charge >= 0.3 is 6.01 Å². The number of fused-ring (bicyclic) bond motifs is 6. The van der Waals surface area contributed by atoms with Gasteiger partial charge in [-0.2, -0.15) is 9.97 Å². The number of piperazine rings is 1. The van der Waals surface area contributed by atoms with Gasteiger partial charge in [0.05, 0.1) is 22.2 Å². The molecule has 5 atom stereocenters. The summed E-state index contributed by atoms with van der Waals surface area (Å²) in [5.41, 5.74) is 3.64. The highest BCUT2D eigenvalue weighted by Gasteiger charge is 2.50. The highest BCUT2D eigenvalue weighted by Crippen LogP contribution is 2.48. The SMILES string of the molecule is C=C1C[C@@H]2[C@@H]3CC[C@H](CN2c2nc(OC[C@@]45CCCN4C[C@H](F)C5)nc4c(F)c(-c5nc(N)cc(C)c5C(F)F)c(F)c1c24)N3. The van der Waals surface area contributed by atoms with Gasteiger partial charge in [0.25, 0.3) is 6.43 Å². The first-order valence-electron chi connectivity index (χ1n) is 15.6. The largest absolute Gasteiger partial charge is 0.461 e. The molecule has 4 saturated heterocycles. The number of pyridine rings is 1. The van der Waals surface area contributed by atoms with E-state index in [0.717, 1.165) is 32.2 Å². The summed E-state index contributed by atoms with van der Waals surface area (Å²) in [6.07, 6.45) is 0.144. The molecule has 0 aliphatic carbocycles. The summed E-state index contributed by atoms with van der Waals surface area (Å²) >= 11 is 0. The summed E-state index contributed by atoms with van der Waals surface area (Å²) < 4.78 is 83.1. The maximum absolute atomic E-state index is 16.8. The smallest absolute Gasteiger partial charge is 0.319 e. The van der Waals surface area contributed by atoms with E-state index in [-0.39, 0.29) is 58.6 Å². The van der Waals surface area contributed by atoms with Crippen molar-refractivity contribution in [1.82, 2.24) is 25.2 Å². The van der Waals surface area contributed by atoms with E-state index in [2.05, 4.69) is 31.7 Å². The summed E-state index contributed by atoms with van der Waals surface area (Å²) in [6, 6.07) is 1.20. The van der Waals surface area contributed by atoms with Crippen molar-refractivity contribution >= 4 is 28.1 Å². The van der Waals surface area contributed by atoms with Crippen LogP contribution in [0, 0.1) is 18.6 Å². The number of ether oxygens (including phenoxy) is 1. The zero-order valence-electron chi connectivity index (χ0n) is 24.9. The first-order valence-corrected chi connectivity index (χ1v) is 15.6. The van der Waals surface area contributed by atoms with Crippen molar-refractivity contribution in [2.75, 3.05) is 36.9 Å². The molecule has 8 nitrogen and oxygen atoms in total. The predicted molar refractivity (Wildman–Crippen MR) is 160 cm³/mol. The van der Waals surface area contributed by atoms with Crippen LogP contribution in [0.4, 0.5) is 33.6 Å². The first kappa shape index (κ1) is 28.9. The van der Waals surface area contributed by atoms with Crippen LogP contribution in [0.1, 0.15) is 61.6 Å². The summed E-state index contributed by atoms with van der Waals surface area (Å²) in [7, 11) is 0. The minimum absolute atomic E-state index is 0.0213. The summed E-state index contributed by atoms with van der Waals surface area (Å²) in [4.78, 5) is 17.4.